The lowest BCUT2D eigenvalue weighted by molar-refractivity contribution is 0.00146. The molecule has 2 aromatic heterocycles. The Hall–Kier alpha value is -3.09. The molecule has 27 heavy (non-hydrogen) atoms. The van der Waals surface area contributed by atoms with Gasteiger partial charge in [-0.05, 0) is 48.9 Å². The number of nitrogens with one attached hydrogen (secondary N) is 1. The molecule has 6 nitrogen and oxygen atoms in total. The van der Waals surface area contributed by atoms with Crippen LogP contribution in [-0.4, -0.2) is 25.3 Å². The number of aromatic nitrogens is 4. The van der Waals surface area contributed by atoms with Crippen LogP contribution >= 0.6 is 0 Å². The summed E-state index contributed by atoms with van der Waals surface area (Å²) in [7, 11) is 0. The third-order valence-corrected chi connectivity index (χ3v) is 5.45. The zero-order valence-corrected chi connectivity index (χ0v) is 14.6. The number of benzene rings is 1. The zero-order chi connectivity index (χ0) is 18.4. The molecule has 0 aliphatic heterocycles. The summed E-state index contributed by atoms with van der Waals surface area (Å²) < 4.78 is 14.7. The van der Waals surface area contributed by atoms with E-state index in [1.54, 1.807) is 30.6 Å². The third kappa shape index (κ3) is 2.99. The lowest BCUT2D eigenvalue weighted by atomic mass is 9.50. The van der Waals surface area contributed by atoms with Crippen LogP contribution in [0.15, 0.2) is 53.6 Å². The Kier molecular flexibility index (Phi) is 3.56. The number of nitrogens with zero attached hydrogens (tertiary/aromatic N) is 4. The average Bonchev–Trinajstić information content (AvgIpc) is 2.60. The van der Waals surface area contributed by atoms with Crippen LogP contribution < -0.4 is 10.9 Å². The van der Waals surface area contributed by atoms with Gasteiger partial charge in [0.2, 0.25) is 5.95 Å². The average molecular weight is 363 g/mol. The van der Waals surface area contributed by atoms with Gasteiger partial charge >= 0.3 is 0 Å². The molecule has 0 saturated heterocycles. The Balaban J connectivity index is 1.37. The van der Waals surface area contributed by atoms with Crippen LogP contribution in [0, 0.1) is 11.7 Å². The molecular weight excluding hydrogens is 345 g/mol. The lowest BCUT2D eigenvalue weighted by Crippen LogP contribution is -2.63. The highest BCUT2D eigenvalue weighted by molar-refractivity contribution is 5.56. The van der Waals surface area contributed by atoms with Gasteiger partial charge in [-0.1, -0.05) is 12.1 Å². The fourth-order valence-electron chi connectivity index (χ4n) is 3.92. The molecule has 3 aliphatic carbocycles. The van der Waals surface area contributed by atoms with E-state index < -0.39 is 0 Å². The van der Waals surface area contributed by atoms with Crippen molar-refractivity contribution in [1.82, 2.24) is 19.7 Å². The molecule has 3 fully saturated rings. The highest BCUT2D eigenvalue weighted by atomic mass is 19.1. The Morgan fingerprint density at radius 2 is 1.93 bits per heavy atom. The predicted molar refractivity (Wildman–Crippen MR) is 98.7 cm³/mol. The van der Waals surface area contributed by atoms with E-state index in [9.17, 15) is 9.18 Å². The van der Waals surface area contributed by atoms with Gasteiger partial charge in [-0.3, -0.25) is 4.79 Å². The fourth-order valence-corrected chi connectivity index (χ4v) is 3.92. The number of hydrogen-bond acceptors (Lipinski definition) is 5. The van der Waals surface area contributed by atoms with Crippen molar-refractivity contribution in [2.75, 3.05) is 5.32 Å². The molecule has 6 rings (SSSR count). The molecule has 0 radical (unpaired) electrons. The van der Waals surface area contributed by atoms with E-state index in [1.165, 1.54) is 42.1 Å². The van der Waals surface area contributed by atoms with Crippen LogP contribution in [0.2, 0.25) is 0 Å². The monoisotopic (exact) mass is 363 g/mol. The maximum Gasteiger partial charge on any atom is 0.267 e. The summed E-state index contributed by atoms with van der Waals surface area (Å²) in [5.41, 5.74) is 1.99. The summed E-state index contributed by atoms with van der Waals surface area (Å²) in [4.78, 5) is 20.9. The van der Waals surface area contributed by atoms with Gasteiger partial charge in [-0.15, -0.1) is 0 Å². The van der Waals surface area contributed by atoms with E-state index in [4.69, 9.17) is 0 Å². The maximum atomic E-state index is 13.4. The summed E-state index contributed by atoms with van der Waals surface area (Å²) in [6.45, 7) is 0.203. The van der Waals surface area contributed by atoms with Gasteiger partial charge in [0.05, 0.1) is 12.2 Å². The van der Waals surface area contributed by atoms with Crippen LogP contribution in [0.3, 0.4) is 0 Å². The topological polar surface area (TPSA) is 72.7 Å². The Morgan fingerprint density at radius 3 is 2.59 bits per heavy atom. The van der Waals surface area contributed by atoms with E-state index in [0.29, 0.717) is 17.2 Å². The second-order valence-electron chi connectivity index (χ2n) is 7.52. The van der Waals surface area contributed by atoms with Crippen LogP contribution in [0.5, 0.6) is 0 Å². The standard InChI is InChI=1S/C20H18FN5O/c21-16-3-1-2-13(6-16)12-26-18(27)5-4-17(25-26)15-10-22-19(23-11-15)24-20-7-14(8-20)9-20/h1-6,10-11,14H,7-9,12H2,(H,22,23,24). The Labute approximate surface area is 155 Å². The molecular formula is C20H18FN5O. The zero-order valence-electron chi connectivity index (χ0n) is 14.6. The number of anilines is 1. The molecule has 0 amide bonds. The molecule has 3 saturated carbocycles. The molecule has 136 valence electrons. The van der Waals surface area contributed by atoms with Crippen molar-refractivity contribution in [1.29, 1.82) is 0 Å². The highest BCUT2D eigenvalue weighted by Gasteiger charge is 2.56. The quantitative estimate of drug-likeness (QED) is 0.755. The molecule has 2 bridgehead atoms. The fraction of sp³-hybridized carbons (Fsp3) is 0.300. The third-order valence-electron chi connectivity index (χ3n) is 5.45. The van der Waals surface area contributed by atoms with Crippen molar-refractivity contribution in [2.24, 2.45) is 5.92 Å². The second kappa shape index (κ2) is 5.97. The SMILES string of the molecule is O=c1ccc(-c2cnc(NC34CC(C3)C4)nc2)nn1Cc1cccc(F)c1. The van der Waals surface area contributed by atoms with Gasteiger partial charge in [-0.25, -0.2) is 19.0 Å². The van der Waals surface area contributed by atoms with Crippen molar-refractivity contribution in [3.8, 4) is 11.3 Å². The number of rotatable bonds is 5. The summed E-state index contributed by atoms with van der Waals surface area (Å²) in [6, 6.07) is 9.25. The van der Waals surface area contributed by atoms with Crippen molar-refractivity contribution in [3.63, 3.8) is 0 Å². The van der Waals surface area contributed by atoms with E-state index in [1.807, 2.05) is 0 Å². The summed E-state index contributed by atoms with van der Waals surface area (Å²) >= 11 is 0. The first-order valence-corrected chi connectivity index (χ1v) is 9.02. The van der Waals surface area contributed by atoms with Crippen molar-refractivity contribution in [2.45, 2.75) is 31.3 Å². The highest BCUT2D eigenvalue weighted by Crippen LogP contribution is 2.58. The van der Waals surface area contributed by atoms with E-state index in [-0.39, 0.29) is 23.5 Å². The van der Waals surface area contributed by atoms with Gasteiger partial charge in [-0.2, -0.15) is 5.10 Å². The van der Waals surface area contributed by atoms with Gasteiger partial charge in [0.15, 0.2) is 0 Å². The minimum Gasteiger partial charge on any atom is -0.349 e. The lowest BCUT2D eigenvalue weighted by Gasteiger charge is -2.61. The second-order valence-corrected chi connectivity index (χ2v) is 7.52. The first kappa shape index (κ1) is 16.1. The van der Waals surface area contributed by atoms with Gasteiger partial charge in [0.1, 0.15) is 5.82 Å². The smallest absolute Gasteiger partial charge is 0.267 e. The minimum atomic E-state index is -0.336. The first-order valence-electron chi connectivity index (χ1n) is 9.02. The molecule has 1 aromatic carbocycles. The number of halogens is 1. The normalized spacial score (nSPS) is 22.6. The molecule has 0 unspecified atom stereocenters. The summed E-state index contributed by atoms with van der Waals surface area (Å²) in [5, 5.41) is 7.81. The summed E-state index contributed by atoms with van der Waals surface area (Å²) in [6.07, 6.45) is 7.06. The van der Waals surface area contributed by atoms with Crippen LogP contribution in [0.25, 0.3) is 11.3 Å². The van der Waals surface area contributed by atoms with E-state index in [2.05, 4.69) is 20.4 Å². The van der Waals surface area contributed by atoms with Crippen LogP contribution in [0.4, 0.5) is 10.3 Å². The predicted octanol–water partition coefficient (Wildman–Crippen LogP) is 2.85. The largest absolute Gasteiger partial charge is 0.349 e. The maximum absolute atomic E-state index is 13.4. The van der Waals surface area contributed by atoms with Crippen molar-refractivity contribution < 1.29 is 4.39 Å². The van der Waals surface area contributed by atoms with Crippen LogP contribution in [-0.2, 0) is 6.54 Å². The van der Waals surface area contributed by atoms with Crippen molar-refractivity contribution in [3.05, 3.63) is 70.5 Å². The Morgan fingerprint density at radius 1 is 1.15 bits per heavy atom. The van der Waals surface area contributed by atoms with Crippen molar-refractivity contribution >= 4 is 5.95 Å². The molecule has 0 spiro atoms. The van der Waals surface area contributed by atoms with E-state index in [0.717, 1.165) is 11.5 Å². The molecule has 1 N–H and O–H groups in total. The number of hydrogen-bond donors (Lipinski definition) is 1. The van der Waals surface area contributed by atoms with E-state index >= 15 is 0 Å². The van der Waals surface area contributed by atoms with Crippen LogP contribution in [0.1, 0.15) is 24.8 Å². The molecule has 2 heterocycles. The minimum absolute atomic E-state index is 0.203. The van der Waals surface area contributed by atoms with Gasteiger partial charge in [0, 0.05) is 29.6 Å². The molecule has 0 atom stereocenters. The molecule has 3 aromatic rings. The summed E-state index contributed by atoms with van der Waals surface area (Å²) in [5.74, 6) is 1.18. The van der Waals surface area contributed by atoms with Gasteiger partial charge in [0.25, 0.3) is 5.56 Å². The molecule has 7 heteroatoms. The first-order chi connectivity index (χ1) is 13.1. The van der Waals surface area contributed by atoms with Gasteiger partial charge < -0.3 is 5.32 Å². The molecule has 3 aliphatic rings. The Bertz CT molecular complexity index is 1050.